The largest absolute Gasteiger partial charge is 0.491 e. The summed E-state index contributed by atoms with van der Waals surface area (Å²) in [5.41, 5.74) is 2.13. The molecule has 25 heavy (non-hydrogen) atoms. The zero-order valence-electron chi connectivity index (χ0n) is 15.2. The monoisotopic (exact) mass is 358 g/mol. The molecule has 0 aliphatic rings. The second-order valence-corrected chi connectivity index (χ2v) is 6.72. The van der Waals surface area contributed by atoms with Gasteiger partial charge in [0.05, 0.1) is 12.1 Å². The molecule has 0 bridgehead atoms. The fourth-order valence-electron chi connectivity index (χ4n) is 2.18. The molecule has 0 spiro atoms. The molecule has 0 saturated carbocycles. The molecule has 2 rings (SSSR count). The molecule has 4 nitrogen and oxygen atoms in total. The second-order valence-electron chi connectivity index (χ2n) is 6.31. The van der Waals surface area contributed by atoms with Gasteiger partial charge in [-0.05, 0) is 76.3 Å². The van der Waals surface area contributed by atoms with Crippen molar-refractivity contribution in [3.63, 3.8) is 0 Å². The van der Waals surface area contributed by atoms with E-state index in [4.69, 9.17) is 21.7 Å². The number of hydrogen-bond acceptors (Lipinski definition) is 3. The van der Waals surface area contributed by atoms with Gasteiger partial charge in [0.15, 0.2) is 5.11 Å². The highest BCUT2D eigenvalue weighted by Gasteiger charge is 2.06. The first-order chi connectivity index (χ1) is 11.9. The molecule has 0 unspecified atom stereocenters. The third kappa shape index (κ3) is 7.01. The van der Waals surface area contributed by atoms with E-state index in [1.807, 2.05) is 69.3 Å². The van der Waals surface area contributed by atoms with Crippen LogP contribution in [0.1, 0.15) is 26.3 Å². The third-order valence-corrected chi connectivity index (χ3v) is 3.60. The molecular formula is C20H26N2O2S. The minimum absolute atomic E-state index is 0.0878. The van der Waals surface area contributed by atoms with Crippen LogP contribution in [0.4, 0.5) is 5.69 Å². The molecule has 2 N–H and O–H groups in total. The van der Waals surface area contributed by atoms with Crippen LogP contribution in [-0.2, 0) is 0 Å². The molecular weight excluding hydrogens is 332 g/mol. The maximum absolute atomic E-state index is 5.76. The van der Waals surface area contributed by atoms with Crippen LogP contribution in [0.25, 0.3) is 0 Å². The van der Waals surface area contributed by atoms with Crippen LogP contribution in [0.15, 0.2) is 48.5 Å². The molecule has 1 atom stereocenters. The van der Waals surface area contributed by atoms with Crippen molar-refractivity contribution in [3.8, 4) is 11.5 Å². The van der Waals surface area contributed by atoms with E-state index in [9.17, 15) is 0 Å². The smallest absolute Gasteiger partial charge is 0.171 e. The summed E-state index contributed by atoms with van der Waals surface area (Å²) in [4.78, 5) is 0. The Hall–Kier alpha value is -2.27. The van der Waals surface area contributed by atoms with Gasteiger partial charge in [-0.3, -0.25) is 0 Å². The van der Waals surface area contributed by atoms with Crippen molar-refractivity contribution in [3.05, 3.63) is 54.1 Å². The van der Waals surface area contributed by atoms with Gasteiger partial charge in [0.2, 0.25) is 0 Å². The molecule has 0 amide bonds. The Labute approximate surface area is 155 Å². The molecule has 0 aromatic heterocycles. The quantitative estimate of drug-likeness (QED) is 0.712. The Balaban J connectivity index is 1.76. The van der Waals surface area contributed by atoms with Gasteiger partial charge in [-0.15, -0.1) is 0 Å². The molecule has 2 aromatic rings. The van der Waals surface area contributed by atoms with Crippen molar-refractivity contribution in [2.24, 2.45) is 0 Å². The Morgan fingerprint density at radius 1 is 0.960 bits per heavy atom. The van der Waals surface area contributed by atoms with Gasteiger partial charge in [-0.2, -0.15) is 0 Å². The minimum atomic E-state index is 0.0878. The first-order valence-corrected chi connectivity index (χ1v) is 8.87. The van der Waals surface area contributed by atoms with E-state index < -0.39 is 0 Å². The maximum atomic E-state index is 5.76. The van der Waals surface area contributed by atoms with Gasteiger partial charge in [0.1, 0.15) is 18.1 Å². The lowest BCUT2D eigenvalue weighted by atomic mass is 10.2. The van der Waals surface area contributed by atoms with Crippen molar-refractivity contribution in [1.29, 1.82) is 0 Å². The molecule has 0 aliphatic heterocycles. The third-order valence-electron chi connectivity index (χ3n) is 3.38. The number of nitrogens with one attached hydrogen (secondary N) is 2. The SMILES string of the molecule is Cc1ccc(OC[C@@H](C)NC(=S)Nc2ccc(OC(C)C)cc2)cc1. The van der Waals surface area contributed by atoms with E-state index in [1.54, 1.807) is 0 Å². The highest BCUT2D eigenvalue weighted by molar-refractivity contribution is 7.80. The molecule has 0 radical (unpaired) electrons. The van der Waals surface area contributed by atoms with E-state index in [1.165, 1.54) is 5.56 Å². The summed E-state index contributed by atoms with van der Waals surface area (Å²) in [5.74, 6) is 1.71. The number of anilines is 1. The number of ether oxygens (including phenoxy) is 2. The van der Waals surface area contributed by atoms with Crippen LogP contribution in [0, 0.1) is 6.92 Å². The molecule has 0 fully saturated rings. The van der Waals surface area contributed by atoms with Gasteiger partial charge in [0.25, 0.3) is 0 Å². The summed E-state index contributed by atoms with van der Waals surface area (Å²) in [6, 6.07) is 15.8. The Morgan fingerprint density at radius 2 is 1.56 bits per heavy atom. The van der Waals surface area contributed by atoms with Crippen molar-refractivity contribution in [1.82, 2.24) is 5.32 Å². The zero-order chi connectivity index (χ0) is 18.2. The lowest BCUT2D eigenvalue weighted by molar-refractivity contribution is 0.242. The minimum Gasteiger partial charge on any atom is -0.491 e. The van der Waals surface area contributed by atoms with Gasteiger partial charge in [-0.25, -0.2) is 0 Å². The molecule has 134 valence electrons. The summed E-state index contributed by atoms with van der Waals surface area (Å²) in [6.07, 6.45) is 0.163. The fraction of sp³-hybridized carbons (Fsp3) is 0.350. The number of thiocarbonyl (C=S) groups is 1. The summed E-state index contributed by atoms with van der Waals surface area (Å²) in [6.45, 7) is 8.63. The number of benzene rings is 2. The van der Waals surface area contributed by atoms with E-state index in [0.717, 1.165) is 17.2 Å². The van der Waals surface area contributed by atoms with Gasteiger partial charge in [0, 0.05) is 5.69 Å². The lowest BCUT2D eigenvalue weighted by Gasteiger charge is -2.18. The fourth-order valence-corrected chi connectivity index (χ4v) is 2.50. The van der Waals surface area contributed by atoms with Crippen LogP contribution in [0.5, 0.6) is 11.5 Å². The van der Waals surface area contributed by atoms with Gasteiger partial charge < -0.3 is 20.1 Å². The second kappa shape index (κ2) is 9.28. The van der Waals surface area contributed by atoms with Gasteiger partial charge in [-0.1, -0.05) is 17.7 Å². The summed E-state index contributed by atoms with van der Waals surface area (Å²) < 4.78 is 11.4. The first kappa shape index (κ1) is 19.1. The van der Waals surface area contributed by atoms with E-state index >= 15 is 0 Å². The summed E-state index contributed by atoms with van der Waals surface area (Å²) >= 11 is 5.35. The predicted octanol–water partition coefficient (Wildman–Crippen LogP) is 4.54. The zero-order valence-corrected chi connectivity index (χ0v) is 16.0. The van der Waals surface area contributed by atoms with Crippen LogP contribution >= 0.6 is 12.2 Å². The first-order valence-electron chi connectivity index (χ1n) is 8.46. The standard InChI is InChI=1S/C20H26N2O2S/c1-14(2)24-19-11-7-17(8-12-19)22-20(25)21-16(4)13-23-18-9-5-15(3)6-10-18/h5-12,14,16H,13H2,1-4H3,(H2,21,22,25)/t16-/m1/s1. The molecule has 5 heteroatoms. The number of hydrogen-bond donors (Lipinski definition) is 2. The molecule has 0 saturated heterocycles. The van der Waals surface area contributed by atoms with Crippen molar-refractivity contribution < 1.29 is 9.47 Å². The Bertz CT molecular complexity index is 669. The van der Waals surface area contributed by atoms with Crippen molar-refractivity contribution >= 4 is 23.0 Å². The maximum Gasteiger partial charge on any atom is 0.171 e. The lowest BCUT2D eigenvalue weighted by Crippen LogP contribution is -2.39. The highest BCUT2D eigenvalue weighted by atomic mass is 32.1. The van der Waals surface area contributed by atoms with Gasteiger partial charge >= 0.3 is 0 Å². The molecule has 0 aliphatic carbocycles. The van der Waals surface area contributed by atoms with Crippen LogP contribution < -0.4 is 20.1 Å². The Morgan fingerprint density at radius 3 is 2.16 bits per heavy atom. The molecule has 2 aromatic carbocycles. The Kier molecular flexibility index (Phi) is 7.07. The number of rotatable bonds is 7. The average molecular weight is 359 g/mol. The summed E-state index contributed by atoms with van der Waals surface area (Å²) in [7, 11) is 0. The van der Waals surface area contributed by atoms with Crippen molar-refractivity contribution in [2.45, 2.75) is 39.8 Å². The van der Waals surface area contributed by atoms with Crippen LogP contribution in [-0.4, -0.2) is 23.9 Å². The average Bonchev–Trinajstić information content (AvgIpc) is 2.55. The van der Waals surface area contributed by atoms with Crippen LogP contribution in [0.3, 0.4) is 0 Å². The van der Waals surface area contributed by atoms with Crippen molar-refractivity contribution in [2.75, 3.05) is 11.9 Å². The van der Waals surface area contributed by atoms with E-state index in [2.05, 4.69) is 17.6 Å². The molecule has 0 heterocycles. The highest BCUT2D eigenvalue weighted by Crippen LogP contribution is 2.17. The van der Waals surface area contributed by atoms with Crippen LogP contribution in [0.2, 0.25) is 0 Å². The predicted molar refractivity (Wildman–Crippen MR) is 108 cm³/mol. The normalized spacial score (nSPS) is 11.7. The number of aryl methyl sites for hydroxylation is 1. The van der Waals surface area contributed by atoms with E-state index in [0.29, 0.717) is 11.7 Å². The topological polar surface area (TPSA) is 42.5 Å². The summed E-state index contributed by atoms with van der Waals surface area (Å²) in [5, 5.41) is 6.96. The van der Waals surface area contributed by atoms with E-state index in [-0.39, 0.29) is 12.1 Å².